The number of rotatable bonds is 6. The molecule has 0 unspecified atom stereocenters. The van der Waals surface area contributed by atoms with Gasteiger partial charge in [0.05, 0.1) is 12.1 Å². The van der Waals surface area contributed by atoms with Gasteiger partial charge in [0.2, 0.25) is 0 Å². The van der Waals surface area contributed by atoms with Crippen molar-refractivity contribution in [3.63, 3.8) is 0 Å². The third-order valence-corrected chi connectivity index (χ3v) is 3.31. The number of carbonyl (C=O) groups excluding carboxylic acids is 1. The number of H-pyrrole nitrogens is 1. The Morgan fingerprint density at radius 1 is 1.45 bits per heavy atom. The van der Waals surface area contributed by atoms with Crippen LogP contribution in [0.3, 0.4) is 0 Å². The minimum atomic E-state index is -0.216. The van der Waals surface area contributed by atoms with E-state index in [0.717, 1.165) is 30.1 Å². The summed E-state index contributed by atoms with van der Waals surface area (Å²) >= 11 is 1.08. The number of pyridine rings is 1. The molecule has 0 aliphatic rings. The van der Waals surface area contributed by atoms with E-state index < -0.39 is 0 Å². The Morgan fingerprint density at radius 2 is 2.30 bits per heavy atom. The number of amides is 1. The van der Waals surface area contributed by atoms with Crippen molar-refractivity contribution in [2.45, 2.75) is 19.9 Å². The van der Waals surface area contributed by atoms with Gasteiger partial charge >= 0.3 is 4.87 Å². The number of thiazole rings is 1. The number of hydrogen-bond acceptors (Lipinski definition) is 5. The molecule has 2 rings (SSSR count). The van der Waals surface area contributed by atoms with Gasteiger partial charge < -0.3 is 15.6 Å². The van der Waals surface area contributed by atoms with Gasteiger partial charge in [-0.05, 0) is 18.6 Å². The largest absolute Gasteiger partial charge is 0.370 e. The van der Waals surface area contributed by atoms with Gasteiger partial charge in [-0.15, -0.1) is 0 Å². The van der Waals surface area contributed by atoms with Crippen molar-refractivity contribution in [1.29, 1.82) is 0 Å². The van der Waals surface area contributed by atoms with Crippen LogP contribution in [0.15, 0.2) is 28.5 Å². The van der Waals surface area contributed by atoms with Crippen molar-refractivity contribution < 1.29 is 4.79 Å². The summed E-state index contributed by atoms with van der Waals surface area (Å²) in [5.41, 5.74) is 1.19. The fraction of sp³-hybridized carbons (Fsp3) is 0.308. The number of anilines is 1. The monoisotopic (exact) mass is 292 g/mol. The number of nitrogens with zero attached hydrogens (tertiary/aromatic N) is 1. The molecule has 0 atom stereocenters. The molecule has 0 saturated carbocycles. The summed E-state index contributed by atoms with van der Waals surface area (Å²) in [7, 11) is 0. The zero-order valence-corrected chi connectivity index (χ0v) is 11.9. The van der Waals surface area contributed by atoms with Crippen molar-refractivity contribution in [1.82, 2.24) is 15.3 Å². The smallest absolute Gasteiger partial charge is 0.304 e. The third kappa shape index (κ3) is 3.92. The van der Waals surface area contributed by atoms with Crippen molar-refractivity contribution in [3.05, 3.63) is 44.6 Å². The lowest BCUT2D eigenvalue weighted by Crippen LogP contribution is -2.23. The Labute approximate surface area is 120 Å². The van der Waals surface area contributed by atoms with Gasteiger partial charge in [-0.3, -0.25) is 9.59 Å². The first-order valence-electron chi connectivity index (χ1n) is 6.34. The topological polar surface area (TPSA) is 86.9 Å². The minimum Gasteiger partial charge on any atom is -0.370 e. The first-order valence-corrected chi connectivity index (χ1v) is 7.22. The van der Waals surface area contributed by atoms with Gasteiger partial charge in [0.15, 0.2) is 0 Å². The van der Waals surface area contributed by atoms with Crippen LogP contribution in [0.5, 0.6) is 0 Å². The van der Waals surface area contributed by atoms with E-state index in [0.29, 0.717) is 17.8 Å². The van der Waals surface area contributed by atoms with E-state index in [9.17, 15) is 9.59 Å². The van der Waals surface area contributed by atoms with E-state index in [1.54, 1.807) is 17.5 Å². The number of aromatic nitrogens is 2. The summed E-state index contributed by atoms with van der Waals surface area (Å²) in [4.78, 5) is 29.5. The molecule has 0 radical (unpaired) electrons. The number of carbonyl (C=O) groups is 1. The second kappa shape index (κ2) is 6.85. The highest BCUT2D eigenvalue weighted by Gasteiger charge is 2.06. The molecule has 0 spiro atoms. The lowest BCUT2D eigenvalue weighted by atomic mass is 10.2. The van der Waals surface area contributed by atoms with Crippen molar-refractivity contribution >= 4 is 23.1 Å². The lowest BCUT2D eigenvalue weighted by molar-refractivity contribution is 0.0950. The van der Waals surface area contributed by atoms with Crippen LogP contribution in [0.2, 0.25) is 0 Å². The predicted octanol–water partition coefficient (Wildman–Crippen LogP) is 1.58. The van der Waals surface area contributed by atoms with Crippen LogP contribution in [0, 0.1) is 0 Å². The van der Waals surface area contributed by atoms with Crippen LogP contribution in [-0.4, -0.2) is 22.4 Å². The Kier molecular flexibility index (Phi) is 4.89. The predicted molar refractivity (Wildman–Crippen MR) is 79.1 cm³/mol. The second-order valence-electron chi connectivity index (χ2n) is 4.21. The normalized spacial score (nSPS) is 10.2. The van der Waals surface area contributed by atoms with E-state index in [2.05, 4.69) is 27.5 Å². The molecule has 0 aliphatic heterocycles. The highest BCUT2D eigenvalue weighted by molar-refractivity contribution is 7.07. The van der Waals surface area contributed by atoms with Crippen LogP contribution in [0.4, 0.5) is 5.82 Å². The fourth-order valence-electron chi connectivity index (χ4n) is 1.56. The minimum absolute atomic E-state index is 0.123. The molecule has 0 bridgehead atoms. The molecule has 7 heteroatoms. The summed E-state index contributed by atoms with van der Waals surface area (Å²) < 4.78 is 0. The second-order valence-corrected chi connectivity index (χ2v) is 5.06. The molecule has 3 N–H and O–H groups in total. The molecule has 0 fully saturated rings. The highest BCUT2D eigenvalue weighted by atomic mass is 32.1. The molecule has 2 aromatic heterocycles. The van der Waals surface area contributed by atoms with Crippen LogP contribution in [0.1, 0.15) is 29.4 Å². The molecular weight excluding hydrogens is 276 g/mol. The van der Waals surface area contributed by atoms with E-state index in [1.807, 2.05) is 0 Å². The molecule has 6 nitrogen and oxygen atoms in total. The molecular formula is C13H16N4O2S. The van der Waals surface area contributed by atoms with E-state index in [4.69, 9.17) is 0 Å². The first-order chi connectivity index (χ1) is 9.69. The molecule has 20 heavy (non-hydrogen) atoms. The van der Waals surface area contributed by atoms with E-state index in [-0.39, 0.29) is 10.8 Å². The van der Waals surface area contributed by atoms with Crippen LogP contribution in [0.25, 0.3) is 0 Å². The SMILES string of the molecule is CCCNc1ccc(C(=O)NCc2csc(=O)[nH]2)cn1. The number of nitrogens with one attached hydrogen (secondary N) is 3. The van der Waals surface area contributed by atoms with Crippen molar-refractivity contribution in [3.8, 4) is 0 Å². The maximum Gasteiger partial charge on any atom is 0.304 e. The van der Waals surface area contributed by atoms with E-state index >= 15 is 0 Å². The van der Waals surface area contributed by atoms with Gasteiger partial charge in [0.25, 0.3) is 5.91 Å². The van der Waals surface area contributed by atoms with Crippen molar-refractivity contribution in [2.24, 2.45) is 0 Å². The summed E-state index contributed by atoms with van der Waals surface area (Å²) in [6, 6.07) is 3.49. The average Bonchev–Trinajstić information content (AvgIpc) is 2.89. The summed E-state index contributed by atoms with van der Waals surface area (Å²) in [6.45, 7) is 3.22. The van der Waals surface area contributed by atoms with E-state index in [1.165, 1.54) is 6.20 Å². The zero-order valence-electron chi connectivity index (χ0n) is 11.1. The third-order valence-electron chi connectivity index (χ3n) is 2.59. The Bertz CT molecular complexity index is 618. The molecule has 106 valence electrons. The van der Waals surface area contributed by atoms with Crippen LogP contribution < -0.4 is 15.5 Å². The maximum atomic E-state index is 11.9. The molecule has 0 saturated heterocycles. The zero-order chi connectivity index (χ0) is 14.4. The number of hydrogen-bond donors (Lipinski definition) is 3. The van der Waals surface area contributed by atoms with Gasteiger partial charge in [0.1, 0.15) is 5.82 Å². The first kappa shape index (κ1) is 14.3. The molecule has 0 aromatic carbocycles. The molecule has 2 heterocycles. The van der Waals surface area contributed by atoms with Crippen LogP contribution in [-0.2, 0) is 6.54 Å². The van der Waals surface area contributed by atoms with Crippen molar-refractivity contribution in [2.75, 3.05) is 11.9 Å². The van der Waals surface area contributed by atoms with Crippen LogP contribution >= 0.6 is 11.3 Å². The Balaban J connectivity index is 1.90. The lowest BCUT2D eigenvalue weighted by Gasteiger charge is -2.06. The number of aromatic amines is 1. The van der Waals surface area contributed by atoms with Gasteiger partial charge in [-0.1, -0.05) is 18.3 Å². The van der Waals surface area contributed by atoms with Gasteiger partial charge in [-0.2, -0.15) is 0 Å². The Morgan fingerprint density at radius 3 is 2.90 bits per heavy atom. The highest BCUT2D eigenvalue weighted by Crippen LogP contribution is 2.05. The average molecular weight is 292 g/mol. The summed E-state index contributed by atoms with van der Waals surface area (Å²) in [5.74, 6) is 0.539. The molecule has 0 aliphatic carbocycles. The molecule has 2 aromatic rings. The maximum absolute atomic E-state index is 11.9. The summed E-state index contributed by atoms with van der Waals surface area (Å²) in [5, 5.41) is 7.56. The van der Waals surface area contributed by atoms with Gasteiger partial charge in [0, 0.05) is 23.8 Å². The fourth-order valence-corrected chi connectivity index (χ4v) is 2.15. The summed E-state index contributed by atoms with van der Waals surface area (Å²) in [6.07, 6.45) is 2.55. The standard InChI is InChI=1S/C13H16N4O2S/c1-2-5-14-11-4-3-9(6-15-11)12(18)16-7-10-8-20-13(19)17-10/h3-4,6,8H,2,5,7H2,1H3,(H,14,15)(H,16,18)(H,17,19). The van der Waals surface area contributed by atoms with Gasteiger partial charge in [-0.25, -0.2) is 4.98 Å². The molecule has 1 amide bonds. The Hall–Kier alpha value is -2.15. The quantitative estimate of drug-likeness (QED) is 0.754.